The minimum atomic E-state index is -0.397. The van der Waals surface area contributed by atoms with E-state index in [-0.39, 0.29) is 12.7 Å². The third-order valence-electron chi connectivity index (χ3n) is 3.91. The second-order valence-corrected chi connectivity index (χ2v) is 6.61. The molecule has 5 nitrogen and oxygen atoms in total. The molecular formula is C20H26ClFN2O3. The molecule has 7 heteroatoms. The highest BCUT2D eigenvalue weighted by Gasteiger charge is 2.11. The molecule has 0 aliphatic heterocycles. The van der Waals surface area contributed by atoms with Gasteiger partial charge in [0.25, 0.3) is 0 Å². The summed E-state index contributed by atoms with van der Waals surface area (Å²) in [6.45, 7) is 4.57. The molecule has 2 rings (SSSR count). The Morgan fingerprint density at radius 2 is 1.93 bits per heavy atom. The molecule has 0 fully saturated rings. The third-order valence-corrected chi connectivity index (χ3v) is 4.26. The number of ether oxygens (including phenoxy) is 2. The van der Waals surface area contributed by atoms with Gasteiger partial charge in [-0.15, -0.1) is 0 Å². The number of aliphatic hydroxyl groups is 1. The monoisotopic (exact) mass is 396 g/mol. The van der Waals surface area contributed by atoms with Gasteiger partial charge in [0.2, 0.25) is 0 Å². The summed E-state index contributed by atoms with van der Waals surface area (Å²) in [7, 11) is 1.56. The van der Waals surface area contributed by atoms with Crippen LogP contribution in [0.1, 0.15) is 18.1 Å². The van der Waals surface area contributed by atoms with Crippen LogP contribution in [0.2, 0.25) is 5.02 Å². The van der Waals surface area contributed by atoms with Crippen molar-refractivity contribution in [2.45, 2.75) is 26.2 Å². The van der Waals surface area contributed by atoms with Crippen LogP contribution in [0.25, 0.3) is 0 Å². The molecule has 0 amide bonds. The number of halogens is 2. The van der Waals surface area contributed by atoms with Crippen LogP contribution in [0.3, 0.4) is 0 Å². The van der Waals surface area contributed by atoms with Crippen molar-refractivity contribution in [2.75, 3.05) is 26.7 Å². The Kier molecular flexibility index (Phi) is 8.81. The van der Waals surface area contributed by atoms with E-state index in [0.29, 0.717) is 35.2 Å². The Balaban J connectivity index is 1.88. The first-order chi connectivity index (χ1) is 13.0. The summed E-state index contributed by atoms with van der Waals surface area (Å²) >= 11 is 6.03. The molecule has 0 heterocycles. The van der Waals surface area contributed by atoms with Crippen LogP contribution in [0.4, 0.5) is 4.39 Å². The Morgan fingerprint density at radius 3 is 2.63 bits per heavy atom. The number of hydrogen-bond acceptors (Lipinski definition) is 5. The molecule has 0 radical (unpaired) electrons. The van der Waals surface area contributed by atoms with Gasteiger partial charge < -0.3 is 25.2 Å². The molecule has 27 heavy (non-hydrogen) atoms. The molecule has 0 aromatic heterocycles. The lowest BCUT2D eigenvalue weighted by Crippen LogP contribution is -2.31. The molecule has 148 valence electrons. The summed E-state index contributed by atoms with van der Waals surface area (Å²) < 4.78 is 24.9. The fourth-order valence-corrected chi connectivity index (χ4v) is 2.70. The van der Waals surface area contributed by atoms with Gasteiger partial charge in [-0.3, -0.25) is 0 Å². The lowest BCUT2D eigenvalue weighted by Gasteiger charge is -2.14. The summed E-state index contributed by atoms with van der Waals surface area (Å²) in [5.74, 6) is 0.708. The zero-order valence-electron chi connectivity index (χ0n) is 15.6. The van der Waals surface area contributed by atoms with Crippen LogP contribution in [0.15, 0.2) is 36.4 Å². The first-order valence-corrected chi connectivity index (χ1v) is 9.21. The number of aliphatic hydroxyl groups excluding tert-OH is 1. The van der Waals surface area contributed by atoms with Crippen molar-refractivity contribution >= 4 is 11.6 Å². The highest BCUT2D eigenvalue weighted by molar-refractivity contribution is 6.31. The summed E-state index contributed by atoms with van der Waals surface area (Å²) in [5, 5.41) is 16.0. The van der Waals surface area contributed by atoms with Gasteiger partial charge >= 0.3 is 0 Å². The van der Waals surface area contributed by atoms with E-state index in [1.165, 1.54) is 6.07 Å². The second-order valence-electron chi connectivity index (χ2n) is 6.20. The third kappa shape index (κ3) is 6.99. The molecule has 0 unspecified atom stereocenters. The lowest BCUT2D eigenvalue weighted by atomic mass is 10.2. The molecule has 0 aliphatic carbocycles. The molecule has 2 aromatic carbocycles. The van der Waals surface area contributed by atoms with Gasteiger partial charge in [-0.1, -0.05) is 23.7 Å². The van der Waals surface area contributed by atoms with Crippen molar-refractivity contribution in [3.8, 4) is 11.5 Å². The van der Waals surface area contributed by atoms with Crippen LogP contribution in [-0.4, -0.2) is 38.0 Å². The van der Waals surface area contributed by atoms with Crippen LogP contribution in [0.5, 0.6) is 11.5 Å². The summed E-state index contributed by atoms with van der Waals surface area (Å²) in [4.78, 5) is 0. The van der Waals surface area contributed by atoms with Crippen molar-refractivity contribution in [3.05, 3.63) is 58.4 Å². The predicted molar refractivity (Wildman–Crippen MR) is 105 cm³/mol. The summed E-state index contributed by atoms with van der Waals surface area (Å²) in [6.07, 6.45) is -0.346. The minimum absolute atomic E-state index is 0.0222. The van der Waals surface area contributed by atoms with E-state index >= 15 is 0 Å². The Bertz CT molecular complexity index is 708. The van der Waals surface area contributed by atoms with E-state index < -0.39 is 5.82 Å². The smallest absolute Gasteiger partial charge is 0.161 e. The predicted octanol–water partition coefficient (Wildman–Crippen LogP) is 3.13. The van der Waals surface area contributed by atoms with Crippen molar-refractivity contribution in [1.82, 2.24) is 10.6 Å². The highest BCUT2D eigenvalue weighted by atomic mass is 35.5. The zero-order chi connectivity index (χ0) is 19.6. The Hall–Kier alpha value is -1.86. The lowest BCUT2D eigenvalue weighted by molar-refractivity contribution is 0.191. The van der Waals surface area contributed by atoms with E-state index in [9.17, 15) is 9.50 Å². The Morgan fingerprint density at radius 1 is 1.15 bits per heavy atom. The van der Waals surface area contributed by atoms with Crippen molar-refractivity contribution in [1.29, 1.82) is 0 Å². The highest BCUT2D eigenvalue weighted by Crippen LogP contribution is 2.30. The molecule has 0 aliphatic rings. The quantitative estimate of drug-likeness (QED) is 0.509. The van der Waals surface area contributed by atoms with Gasteiger partial charge in [0.1, 0.15) is 12.4 Å². The van der Waals surface area contributed by atoms with Crippen LogP contribution in [0, 0.1) is 5.82 Å². The minimum Gasteiger partial charge on any atom is -0.493 e. The van der Waals surface area contributed by atoms with Crippen LogP contribution in [-0.2, 0) is 13.2 Å². The Labute approximate surface area is 164 Å². The molecule has 0 spiro atoms. The molecular weight excluding hydrogens is 371 g/mol. The van der Waals surface area contributed by atoms with Gasteiger partial charge in [0, 0.05) is 31.7 Å². The maximum Gasteiger partial charge on any atom is 0.161 e. The number of hydrogen-bond donors (Lipinski definition) is 3. The van der Waals surface area contributed by atoms with E-state index in [0.717, 1.165) is 18.7 Å². The number of benzene rings is 2. The summed E-state index contributed by atoms with van der Waals surface area (Å²) in [6, 6.07) is 10.2. The van der Waals surface area contributed by atoms with E-state index in [1.54, 1.807) is 32.2 Å². The first-order valence-electron chi connectivity index (χ1n) is 8.83. The van der Waals surface area contributed by atoms with E-state index in [2.05, 4.69) is 10.6 Å². The number of nitrogens with one attached hydrogen (secondary N) is 2. The SMILES string of the molecule is COc1cc(CNCCNC[C@@H](C)O)ccc1OCc1c(F)cccc1Cl. The molecule has 0 bridgehead atoms. The van der Waals surface area contributed by atoms with Gasteiger partial charge in [-0.05, 0) is 36.8 Å². The van der Waals surface area contributed by atoms with E-state index in [4.69, 9.17) is 21.1 Å². The fraction of sp³-hybridized carbons (Fsp3) is 0.400. The van der Waals surface area contributed by atoms with Crippen molar-refractivity contribution < 1.29 is 19.0 Å². The molecule has 0 saturated heterocycles. The summed E-state index contributed by atoms with van der Waals surface area (Å²) in [5.41, 5.74) is 1.36. The largest absolute Gasteiger partial charge is 0.493 e. The topological polar surface area (TPSA) is 62.8 Å². The normalized spacial score (nSPS) is 12.0. The molecule has 2 aromatic rings. The zero-order valence-corrected chi connectivity index (χ0v) is 16.4. The van der Waals surface area contributed by atoms with Gasteiger partial charge in [-0.25, -0.2) is 4.39 Å². The van der Waals surface area contributed by atoms with Gasteiger partial charge in [0.05, 0.1) is 18.2 Å². The fourth-order valence-electron chi connectivity index (χ4n) is 2.48. The maximum atomic E-state index is 13.8. The van der Waals surface area contributed by atoms with Gasteiger partial charge in [0.15, 0.2) is 11.5 Å². The van der Waals surface area contributed by atoms with Gasteiger partial charge in [-0.2, -0.15) is 0 Å². The van der Waals surface area contributed by atoms with Crippen LogP contribution >= 0.6 is 11.6 Å². The number of methoxy groups -OCH3 is 1. The van der Waals surface area contributed by atoms with E-state index in [1.807, 2.05) is 12.1 Å². The standard InChI is InChI=1S/C20H26ClFN2O3/c1-14(25)11-23-8-9-24-12-15-6-7-19(20(10-15)26-2)27-13-16-17(21)4-3-5-18(16)22/h3-7,10,14,23-25H,8-9,11-13H2,1-2H3/t14-/m1/s1. The van der Waals surface area contributed by atoms with Crippen LogP contribution < -0.4 is 20.1 Å². The molecule has 1 atom stereocenters. The number of rotatable bonds is 11. The average molecular weight is 397 g/mol. The van der Waals surface area contributed by atoms with Crippen molar-refractivity contribution in [2.24, 2.45) is 0 Å². The molecule has 3 N–H and O–H groups in total. The second kappa shape index (κ2) is 11.1. The average Bonchev–Trinajstić information content (AvgIpc) is 2.64. The molecule has 0 saturated carbocycles. The van der Waals surface area contributed by atoms with Crippen molar-refractivity contribution in [3.63, 3.8) is 0 Å². The maximum absolute atomic E-state index is 13.8. The first kappa shape index (κ1) is 21.4.